The van der Waals surface area contributed by atoms with Crippen LogP contribution in [0, 0.1) is 0 Å². The number of tetrazole rings is 1. The van der Waals surface area contributed by atoms with Gasteiger partial charge in [0.25, 0.3) is 0 Å². The summed E-state index contributed by atoms with van der Waals surface area (Å²) in [6.45, 7) is 2.35. The van der Waals surface area contributed by atoms with Gasteiger partial charge in [0.05, 0.1) is 6.61 Å². The van der Waals surface area contributed by atoms with Crippen LogP contribution in [0.2, 0.25) is 5.02 Å². The van der Waals surface area contributed by atoms with Crippen molar-refractivity contribution in [3.05, 3.63) is 64.7 Å². The van der Waals surface area contributed by atoms with Crippen molar-refractivity contribution < 1.29 is 9.90 Å². The Hall–Kier alpha value is -2.81. The van der Waals surface area contributed by atoms with E-state index in [-0.39, 0.29) is 25.1 Å². The number of carbonyl (C=O) groups excluding carboxylic acids is 1. The van der Waals surface area contributed by atoms with Crippen LogP contribution in [0.1, 0.15) is 24.0 Å². The molecule has 0 radical (unpaired) electrons. The van der Waals surface area contributed by atoms with E-state index in [1.54, 1.807) is 12.1 Å². The molecule has 0 saturated carbocycles. The van der Waals surface area contributed by atoms with Crippen molar-refractivity contribution in [3.8, 4) is 11.4 Å². The summed E-state index contributed by atoms with van der Waals surface area (Å²) in [6.07, 6.45) is 2.13. The Bertz CT molecular complexity index is 1020. The van der Waals surface area contributed by atoms with Gasteiger partial charge in [-0.3, -0.25) is 9.69 Å². The first-order valence-electron chi connectivity index (χ1n) is 10.3. The summed E-state index contributed by atoms with van der Waals surface area (Å²) in [5.74, 6) is 0.253. The molecule has 1 aromatic heterocycles. The average molecular weight is 441 g/mol. The van der Waals surface area contributed by atoms with E-state index in [1.165, 1.54) is 4.80 Å². The van der Waals surface area contributed by atoms with Crippen LogP contribution in [0.4, 0.5) is 0 Å². The van der Waals surface area contributed by atoms with Gasteiger partial charge >= 0.3 is 0 Å². The third-order valence-corrected chi connectivity index (χ3v) is 5.77. The number of likely N-dealkylation sites (tertiary alicyclic amines) is 1. The second-order valence-corrected chi connectivity index (χ2v) is 8.08. The van der Waals surface area contributed by atoms with E-state index < -0.39 is 0 Å². The third kappa shape index (κ3) is 5.46. The van der Waals surface area contributed by atoms with Crippen molar-refractivity contribution in [1.29, 1.82) is 0 Å². The smallest absolute Gasteiger partial charge is 0.243 e. The second-order valence-electron chi connectivity index (χ2n) is 7.64. The van der Waals surface area contributed by atoms with E-state index in [0.29, 0.717) is 17.4 Å². The van der Waals surface area contributed by atoms with Crippen molar-refractivity contribution in [2.45, 2.75) is 38.5 Å². The fourth-order valence-corrected chi connectivity index (χ4v) is 3.94. The first kappa shape index (κ1) is 21.4. The molecule has 1 aliphatic rings. The number of aliphatic hydroxyl groups excluding tert-OH is 1. The highest BCUT2D eigenvalue weighted by Crippen LogP contribution is 2.21. The summed E-state index contributed by atoms with van der Waals surface area (Å²) in [5.41, 5.74) is 3.01. The van der Waals surface area contributed by atoms with Gasteiger partial charge in [-0.05, 0) is 60.0 Å². The van der Waals surface area contributed by atoms with Gasteiger partial charge in [0, 0.05) is 29.7 Å². The summed E-state index contributed by atoms with van der Waals surface area (Å²) in [6, 6.07) is 15.4. The van der Waals surface area contributed by atoms with E-state index in [4.69, 9.17) is 11.6 Å². The van der Waals surface area contributed by atoms with E-state index in [9.17, 15) is 9.90 Å². The Balaban J connectivity index is 1.34. The Labute approximate surface area is 185 Å². The lowest BCUT2D eigenvalue weighted by molar-refractivity contribution is -0.122. The molecule has 9 heteroatoms. The zero-order valence-corrected chi connectivity index (χ0v) is 17.9. The monoisotopic (exact) mass is 440 g/mol. The highest BCUT2D eigenvalue weighted by Gasteiger charge is 2.24. The number of benzene rings is 2. The number of halogens is 1. The van der Waals surface area contributed by atoms with Gasteiger partial charge in [-0.15, -0.1) is 10.2 Å². The number of hydrogen-bond acceptors (Lipinski definition) is 6. The van der Waals surface area contributed by atoms with Crippen LogP contribution in [0.25, 0.3) is 11.4 Å². The van der Waals surface area contributed by atoms with Crippen LogP contribution in [-0.4, -0.2) is 55.3 Å². The van der Waals surface area contributed by atoms with Crippen molar-refractivity contribution in [2.75, 3.05) is 13.2 Å². The molecule has 1 aliphatic heterocycles. The molecule has 0 aliphatic carbocycles. The average Bonchev–Trinajstić information content (AvgIpc) is 3.43. The minimum absolute atomic E-state index is 0.0124. The van der Waals surface area contributed by atoms with Crippen LogP contribution in [0.15, 0.2) is 48.5 Å². The number of hydrogen-bond donors (Lipinski definition) is 2. The van der Waals surface area contributed by atoms with E-state index in [2.05, 4.69) is 31.7 Å². The van der Waals surface area contributed by atoms with Crippen LogP contribution in [0.5, 0.6) is 0 Å². The lowest BCUT2D eigenvalue weighted by Crippen LogP contribution is -2.32. The molecule has 1 fully saturated rings. The summed E-state index contributed by atoms with van der Waals surface area (Å²) in [5, 5.41) is 25.4. The molecule has 31 heavy (non-hydrogen) atoms. The van der Waals surface area contributed by atoms with Crippen LogP contribution < -0.4 is 5.32 Å². The van der Waals surface area contributed by atoms with Crippen molar-refractivity contribution >= 4 is 17.5 Å². The first-order valence-corrected chi connectivity index (χ1v) is 10.7. The Morgan fingerprint density at radius 1 is 1.16 bits per heavy atom. The molecule has 8 nitrogen and oxygen atoms in total. The maximum absolute atomic E-state index is 12.4. The molecule has 1 amide bonds. The van der Waals surface area contributed by atoms with Gasteiger partial charge in [0.15, 0.2) is 0 Å². The number of aromatic nitrogens is 4. The minimum atomic E-state index is -0.190. The van der Waals surface area contributed by atoms with Gasteiger partial charge in [-0.1, -0.05) is 35.9 Å². The van der Waals surface area contributed by atoms with E-state index in [1.807, 2.05) is 30.3 Å². The quantitative estimate of drug-likeness (QED) is 0.557. The molecule has 2 N–H and O–H groups in total. The lowest BCUT2D eigenvalue weighted by Gasteiger charge is -2.24. The van der Waals surface area contributed by atoms with Crippen LogP contribution in [0.3, 0.4) is 0 Å². The fourth-order valence-electron chi connectivity index (χ4n) is 3.82. The predicted molar refractivity (Wildman–Crippen MR) is 117 cm³/mol. The molecule has 3 aromatic rings. The van der Waals surface area contributed by atoms with Gasteiger partial charge in [-0.25, -0.2) is 0 Å². The zero-order chi connectivity index (χ0) is 21.6. The Morgan fingerprint density at radius 3 is 2.71 bits per heavy atom. The number of carbonyl (C=O) groups is 1. The maximum Gasteiger partial charge on any atom is 0.243 e. The maximum atomic E-state index is 12.4. The Morgan fingerprint density at radius 2 is 1.94 bits per heavy atom. The second kappa shape index (κ2) is 10.00. The highest BCUT2D eigenvalue weighted by atomic mass is 35.5. The molecule has 2 heterocycles. The molecule has 4 rings (SSSR count). The number of aliphatic hydroxyl groups is 1. The molecule has 1 atom stereocenters. The molecule has 2 aromatic carbocycles. The number of rotatable bonds is 8. The van der Waals surface area contributed by atoms with Gasteiger partial charge in [0.2, 0.25) is 11.7 Å². The molecule has 0 unspecified atom stereocenters. The summed E-state index contributed by atoms with van der Waals surface area (Å²) in [7, 11) is 0. The highest BCUT2D eigenvalue weighted by molar-refractivity contribution is 6.30. The van der Waals surface area contributed by atoms with Crippen LogP contribution in [-0.2, 0) is 24.4 Å². The fraction of sp³-hybridized carbons (Fsp3) is 0.364. The summed E-state index contributed by atoms with van der Waals surface area (Å²) in [4.78, 5) is 16.0. The molecule has 0 spiro atoms. The van der Waals surface area contributed by atoms with Crippen molar-refractivity contribution in [1.82, 2.24) is 30.4 Å². The predicted octanol–water partition coefficient (Wildman–Crippen LogP) is 2.27. The summed E-state index contributed by atoms with van der Waals surface area (Å²) < 4.78 is 0. The van der Waals surface area contributed by atoms with Gasteiger partial charge in [-0.2, -0.15) is 4.80 Å². The molecule has 0 bridgehead atoms. The SMILES string of the molecule is O=C(Cn1nnc(-c2ccc(Cl)cc2)n1)NCc1ccccc1CN1CCC[C@H]1CO. The first-order chi connectivity index (χ1) is 15.1. The van der Waals surface area contributed by atoms with Crippen LogP contribution >= 0.6 is 11.6 Å². The van der Waals surface area contributed by atoms with Gasteiger partial charge < -0.3 is 10.4 Å². The standard InChI is InChI=1S/C22H25ClN6O2/c23-19-9-7-16(8-10-19)22-25-27-29(26-22)14-21(31)24-12-17-4-1-2-5-18(17)13-28-11-3-6-20(28)15-30/h1-2,4-5,7-10,20,30H,3,6,11-15H2,(H,24,31)/t20-/m0/s1. The zero-order valence-electron chi connectivity index (χ0n) is 17.1. The van der Waals surface area contributed by atoms with Crippen molar-refractivity contribution in [3.63, 3.8) is 0 Å². The Kier molecular flexibility index (Phi) is 6.91. The third-order valence-electron chi connectivity index (χ3n) is 5.52. The summed E-state index contributed by atoms with van der Waals surface area (Å²) >= 11 is 5.90. The number of amides is 1. The molecular formula is C22H25ClN6O2. The van der Waals surface area contributed by atoms with Crippen molar-refractivity contribution in [2.24, 2.45) is 0 Å². The number of nitrogens with one attached hydrogen (secondary N) is 1. The topological polar surface area (TPSA) is 96.2 Å². The molecular weight excluding hydrogens is 416 g/mol. The largest absolute Gasteiger partial charge is 0.395 e. The van der Waals surface area contributed by atoms with E-state index in [0.717, 1.165) is 42.6 Å². The van der Waals surface area contributed by atoms with Gasteiger partial charge in [0.1, 0.15) is 6.54 Å². The minimum Gasteiger partial charge on any atom is -0.395 e. The number of nitrogens with zero attached hydrogens (tertiary/aromatic N) is 5. The molecule has 1 saturated heterocycles. The molecule has 162 valence electrons. The normalized spacial score (nSPS) is 16.5. The lowest BCUT2D eigenvalue weighted by atomic mass is 10.1. The van der Waals surface area contributed by atoms with E-state index >= 15 is 0 Å².